The highest BCUT2D eigenvalue weighted by Gasteiger charge is 2.21. The molecular formula is C10H5ClO3S. The fourth-order valence-corrected chi connectivity index (χ4v) is 2.59. The first kappa shape index (κ1) is 10.2. The Morgan fingerprint density at radius 3 is 2.53 bits per heavy atom. The molecule has 1 aliphatic rings. The van der Waals surface area contributed by atoms with Crippen LogP contribution in [0.3, 0.4) is 0 Å². The minimum absolute atomic E-state index is 0.0168. The average molecular weight is 241 g/mol. The fourth-order valence-electron chi connectivity index (χ4n) is 1.51. The molecule has 2 rings (SSSR count). The predicted octanol–water partition coefficient (Wildman–Crippen LogP) is 1.86. The summed E-state index contributed by atoms with van der Waals surface area (Å²) in [5, 5.41) is 0. The summed E-state index contributed by atoms with van der Waals surface area (Å²) in [6.07, 6.45) is 3.06. The van der Waals surface area contributed by atoms with Crippen molar-refractivity contribution < 1.29 is 13.2 Å². The van der Waals surface area contributed by atoms with E-state index in [0.29, 0.717) is 16.7 Å². The highest BCUT2D eigenvalue weighted by molar-refractivity contribution is 8.13. The van der Waals surface area contributed by atoms with Crippen molar-refractivity contribution in [2.75, 3.05) is 0 Å². The van der Waals surface area contributed by atoms with Gasteiger partial charge in [0.15, 0.2) is 0 Å². The van der Waals surface area contributed by atoms with Gasteiger partial charge in [0.05, 0.1) is 10.5 Å². The molecule has 0 amide bonds. The van der Waals surface area contributed by atoms with Crippen LogP contribution in [0, 0.1) is 0 Å². The van der Waals surface area contributed by atoms with Gasteiger partial charge in [-0.3, -0.25) is 0 Å². The van der Waals surface area contributed by atoms with E-state index in [-0.39, 0.29) is 4.90 Å². The average Bonchev–Trinajstić information content (AvgIpc) is 2.58. The second-order valence-electron chi connectivity index (χ2n) is 3.00. The van der Waals surface area contributed by atoms with E-state index >= 15 is 0 Å². The molecule has 0 fully saturated rings. The van der Waals surface area contributed by atoms with Crippen LogP contribution < -0.4 is 0 Å². The molecule has 1 aliphatic carbocycles. The molecule has 0 spiro atoms. The van der Waals surface area contributed by atoms with Gasteiger partial charge in [0.25, 0.3) is 9.05 Å². The molecule has 0 N–H and O–H groups in total. The monoisotopic (exact) mass is 240 g/mol. The normalized spacial score (nSPS) is 13.8. The Morgan fingerprint density at radius 2 is 1.93 bits per heavy atom. The van der Waals surface area contributed by atoms with Crippen LogP contribution in [-0.2, 0) is 13.8 Å². The van der Waals surface area contributed by atoms with Crippen molar-refractivity contribution in [2.45, 2.75) is 4.90 Å². The number of allylic oxidation sites excluding steroid dienone is 2. The first-order valence-corrected chi connectivity index (χ1v) is 6.36. The van der Waals surface area contributed by atoms with E-state index in [4.69, 9.17) is 10.7 Å². The van der Waals surface area contributed by atoms with Crippen LogP contribution in [0.5, 0.6) is 0 Å². The third-order valence-electron chi connectivity index (χ3n) is 2.15. The highest BCUT2D eigenvalue weighted by atomic mass is 35.7. The third kappa shape index (κ3) is 1.63. The zero-order chi connectivity index (χ0) is 11.1. The number of rotatable bonds is 1. The third-order valence-corrected chi connectivity index (χ3v) is 3.53. The first-order valence-electron chi connectivity index (χ1n) is 4.05. The van der Waals surface area contributed by atoms with Crippen molar-refractivity contribution >= 4 is 37.3 Å². The molecule has 15 heavy (non-hydrogen) atoms. The van der Waals surface area contributed by atoms with Crippen molar-refractivity contribution in [2.24, 2.45) is 0 Å². The maximum Gasteiger partial charge on any atom is 0.261 e. The van der Waals surface area contributed by atoms with E-state index in [1.807, 2.05) is 0 Å². The molecule has 1 aromatic rings. The van der Waals surface area contributed by atoms with Crippen molar-refractivity contribution in [3.05, 3.63) is 35.4 Å². The van der Waals surface area contributed by atoms with Crippen LogP contribution >= 0.6 is 10.7 Å². The molecule has 0 atom stereocenters. The van der Waals surface area contributed by atoms with Gasteiger partial charge in [-0.2, -0.15) is 0 Å². The molecule has 3 nitrogen and oxygen atoms in total. The summed E-state index contributed by atoms with van der Waals surface area (Å²) in [4.78, 5) is 10.6. The lowest BCUT2D eigenvalue weighted by atomic mass is 10.1. The minimum atomic E-state index is -3.78. The lowest BCUT2D eigenvalue weighted by Crippen LogP contribution is -1.95. The quantitative estimate of drug-likeness (QED) is 0.556. The van der Waals surface area contributed by atoms with E-state index in [2.05, 4.69) is 0 Å². The highest BCUT2D eigenvalue weighted by Crippen LogP contribution is 2.33. The van der Waals surface area contributed by atoms with Crippen molar-refractivity contribution in [1.29, 1.82) is 0 Å². The molecule has 0 aliphatic heterocycles. The van der Waals surface area contributed by atoms with Crippen LogP contribution in [-0.4, -0.2) is 14.4 Å². The molecule has 76 valence electrons. The zero-order valence-corrected chi connectivity index (χ0v) is 8.97. The Hall–Kier alpha value is -1.35. The molecule has 0 saturated heterocycles. The van der Waals surface area contributed by atoms with E-state index < -0.39 is 9.05 Å². The maximum atomic E-state index is 11.2. The second-order valence-corrected chi connectivity index (χ2v) is 5.54. The SMILES string of the molecule is O=C=C1C=Cc2c1cccc2S(=O)(=O)Cl. The van der Waals surface area contributed by atoms with E-state index in [1.165, 1.54) is 12.1 Å². The van der Waals surface area contributed by atoms with Gasteiger partial charge >= 0.3 is 0 Å². The summed E-state index contributed by atoms with van der Waals surface area (Å²) in [7, 11) is 1.48. The molecule has 0 saturated carbocycles. The Bertz CT molecular complexity index is 608. The predicted molar refractivity (Wildman–Crippen MR) is 57.6 cm³/mol. The van der Waals surface area contributed by atoms with Gasteiger partial charge < -0.3 is 0 Å². The summed E-state index contributed by atoms with van der Waals surface area (Å²) in [5.41, 5.74) is 1.34. The van der Waals surface area contributed by atoms with Crippen LogP contribution in [0.25, 0.3) is 11.6 Å². The van der Waals surface area contributed by atoms with Gasteiger partial charge in [-0.1, -0.05) is 18.2 Å². The largest absolute Gasteiger partial charge is 0.261 e. The van der Waals surface area contributed by atoms with Gasteiger partial charge in [0, 0.05) is 21.8 Å². The van der Waals surface area contributed by atoms with E-state index in [9.17, 15) is 13.2 Å². The Morgan fingerprint density at radius 1 is 1.20 bits per heavy atom. The zero-order valence-electron chi connectivity index (χ0n) is 7.40. The van der Waals surface area contributed by atoms with Crippen molar-refractivity contribution in [3.8, 4) is 0 Å². The summed E-state index contributed by atoms with van der Waals surface area (Å²) in [6, 6.07) is 4.60. The Labute approximate surface area is 91.1 Å². The summed E-state index contributed by atoms with van der Waals surface area (Å²) < 4.78 is 22.4. The molecule has 0 heterocycles. The molecule has 0 aromatic heterocycles. The summed E-state index contributed by atoms with van der Waals surface area (Å²) >= 11 is 0. The van der Waals surface area contributed by atoms with Crippen LogP contribution in [0.1, 0.15) is 11.1 Å². The number of hydrogen-bond acceptors (Lipinski definition) is 3. The van der Waals surface area contributed by atoms with E-state index in [0.717, 1.165) is 0 Å². The Balaban J connectivity index is 2.81. The van der Waals surface area contributed by atoms with Crippen LogP contribution in [0.2, 0.25) is 0 Å². The van der Waals surface area contributed by atoms with Gasteiger partial charge in [-0.05, 0) is 12.1 Å². The van der Waals surface area contributed by atoms with E-state index in [1.54, 1.807) is 24.2 Å². The summed E-state index contributed by atoms with van der Waals surface area (Å²) in [6.45, 7) is 0. The first-order chi connectivity index (χ1) is 7.04. The lowest BCUT2D eigenvalue weighted by Gasteiger charge is -2.03. The smallest absolute Gasteiger partial charge is 0.233 e. The van der Waals surface area contributed by atoms with Gasteiger partial charge in [0.2, 0.25) is 0 Å². The van der Waals surface area contributed by atoms with Crippen LogP contribution in [0.4, 0.5) is 0 Å². The molecular weight excluding hydrogens is 236 g/mol. The molecule has 0 unspecified atom stereocenters. The standard InChI is InChI=1S/C10H5ClO3S/c11-15(13,14)10-3-1-2-8-7(6-12)4-5-9(8)10/h1-5H. The van der Waals surface area contributed by atoms with Crippen LogP contribution in [0.15, 0.2) is 29.2 Å². The van der Waals surface area contributed by atoms with Gasteiger partial charge in [-0.15, -0.1) is 0 Å². The van der Waals surface area contributed by atoms with Crippen molar-refractivity contribution in [1.82, 2.24) is 0 Å². The second kappa shape index (κ2) is 3.35. The fraction of sp³-hybridized carbons (Fsp3) is 0. The molecule has 1 aromatic carbocycles. The number of fused-ring (bicyclic) bond motifs is 1. The lowest BCUT2D eigenvalue weighted by molar-refractivity contribution is 0.569. The summed E-state index contributed by atoms with van der Waals surface area (Å²) in [5.74, 6) is 1.74. The molecule has 0 bridgehead atoms. The minimum Gasteiger partial charge on any atom is -0.233 e. The molecule has 0 radical (unpaired) electrons. The molecule has 5 heteroatoms. The van der Waals surface area contributed by atoms with Gasteiger partial charge in [0.1, 0.15) is 5.94 Å². The number of carbonyl (C=O) groups excluding carboxylic acids is 1. The number of halogens is 1. The maximum absolute atomic E-state index is 11.2. The van der Waals surface area contributed by atoms with Crippen molar-refractivity contribution in [3.63, 3.8) is 0 Å². The number of hydrogen-bond donors (Lipinski definition) is 0. The number of benzene rings is 1. The Kier molecular flexibility index (Phi) is 2.27. The topological polar surface area (TPSA) is 51.2 Å². The van der Waals surface area contributed by atoms with Gasteiger partial charge in [-0.25, -0.2) is 13.2 Å².